The van der Waals surface area contributed by atoms with Crippen LogP contribution in [0.1, 0.15) is 24.5 Å². The average Bonchev–Trinajstić information content (AvgIpc) is 2.79. The van der Waals surface area contributed by atoms with Gasteiger partial charge in [0.15, 0.2) is 6.10 Å². The van der Waals surface area contributed by atoms with Crippen molar-refractivity contribution in [1.29, 1.82) is 0 Å². The minimum Gasteiger partial charge on any atom is -0.475 e. The van der Waals surface area contributed by atoms with Crippen LogP contribution in [0.5, 0.6) is 0 Å². The summed E-state index contributed by atoms with van der Waals surface area (Å²) in [5.41, 5.74) is 0.621. The van der Waals surface area contributed by atoms with Crippen LogP contribution in [-0.4, -0.2) is 57.1 Å². The highest BCUT2D eigenvalue weighted by Gasteiger charge is 2.38. The van der Waals surface area contributed by atoms with Crippen molar-refractivity contribution in [3.63, 3.8) is 0 Å². The number of nitrogens with zero attached hydrogens (tertiary/aromatic N) is 2. The largest absolute Gasteiger partial charge is 0.490 e. The van der Waals surface area contributed by atoms with Gasteiger partial charge in [0.1, 0.15) is 5.82 Å². The summed E-state index contributed by atoms with van der Waals surface area (Å²) in [7, 11) is 0. The SMILES string of the molecule is O=C(Nc1ccncc1)C1CCN(C(=O)C(O)c2ccc(Br)cc2F)CC1.O=C(O)C(F)(F)F. The van der Waals surface area contributed by atoms with E-state index in [0.29, 0.717) is 36.1 Å². The number of rotatable bonds is 4. The molecule has 1 saturated heterocycles. The van der Waals surface area contributed by atoms with Gasteiger partial charge in [-0.2, -0.15) is 13.2 Å². The highest BCUT2D eigenvalue weighted by molar-refractivity contribution is 9.10. The lowest BCUT2D eigenvalue weighted by atomic mass is 9.95. The van der Waals surface area contributed by atoms with Gasteiger partial charge in [-0.15, -0.1) is 0 Å². The maximum Gasteiger partial charge on any atom is 0.490 e. The van der Waals surface area contributed by atoms with Gasteiger partial charge < -0.3 is 20.4 Å². The van der Waals surface area contributed by atoms with E-state index in [1.807, 2.05) is 0 Å². The number of hydrogen-bond donors (Lipinski definition) is 3. The van der Waals surface area contributed by atoms with Crippen molar-refractivity contribution in [2.75, 3.05) is 18.4 Å². The Morgan fingerprint density at radius 1 is 1.12 bits per heavy atom. The van der Waals surface area contributed by atoms with E-state index in [2.05, 4.69) is 26.2 Å². The molecule has 1 aliphatic heterocycles. The number of carboxylic acids is 1. The van der Waals surface area contributed by atoms with E-state index in [-0.39, 0.29) is 17.4 Å². The Morgan fingerprint density at radius 3 is 2.18 bits per heavy atom. The summed E-state index contributed by atoms with van der Waals surface area (Å²) < 4.78 is 46.3. The molecule has 2 amide bonds. The molecule has 3 rings (SSSR count). The summed E-state index contributed by atoms with van der Waals surface area (Å²) in [6.45, 7) is 0.672. The first kappa shape index (κ1) is 27.2. The summed E-state index contributed by atoms with van der Waals surface area (Å²) in [6.07, 6.45) is -2.48. The van der Waals surface area contributed by atoms with Crippen LogP contribution in [0, 0.1) is 11.7 Å². The van der Waals surface area contributed by atoms with Crippen LogP contribution in [0.15, 0.2) is 47.2 Å². The van der Waals surface area contributed by atoms with Crippen LogP contribution in [0.25, 0.3) is 0 Å². The number of carbonyl (C=O) groups is 3. The number of hydrogen-bond acceptors (Lipinski definition) is 5. The molecule has 0 spiro atoms. The zero-order valence-electron chi connectivity index (χ0n) is 17.4. The molecule has 1 aliphatic rings. The third-order valence-electron chi connectivity index (χ3n) is 4.86. The van der Waals surface area contributed by atoms with Crippen molar-refractivity contribution in [3.05, 3.63) is 58.6 Å². The standard InChI is InChI=1S/C19H19BrFN3O3.C2HF3O2/c20-13-1-2-15(16(21)11-13)17(25)19(27)24-9-5-12(6-10-24)18(26)23-14-3-7-22-8-4-14;3-2(4,5)1(6)7/h1-4,7-8,11-12,17,25H,5-6,9-10H2,(H,22,23,26);(H,6,7). The molecular weight excluding hydrogens is 530 g/mol. The van der Waals surface area contributed by atoms with Gasteiger partial charge in [-0.25, -0.2) is 9.18 Å². The number of carboxylic acid groups (broad SMARTS) is 1. The third-order valence-corrected chi connectivity index (χ3v) is 5.35. The average molecular weight is 550 g/mol. The number of pyridine rings is 1. The van der Waals surface area contributed by atoms with Crippen LogP contribution in [0.2, 0.25) is 0 Å². The zero-order chi connectivity index (χ0) is 25.5. The van der Waals surface area contributed by atoms with Gasteiger partial charge in [0, 0.05) is 47.1 Å². The number of halogens is 5. The molecule has 1 unspecified atom stereocenters. The van der Waals surface area contributed by atoms with Gasteiger partial charge in [-0.3, -0.25) is 14.6 Å². The maximum atomic E-state index is 14.0. The van der Waals surface area contributed by atoms with Crippen LogP contribution in [0.4, 0.5) is 23.2 Å². The van der Waals surface area contributed by atoms with E-state index in [1.54, 1.807) is 30.6 Å². The fraction of sp³-hybridized carbons (Fsp3) is 0.333. The van der Waals surface area contributed by atoms with E-state index in [1.165, 1.54) is 17.0 Å². The summed E-state index contributed by atoms with van der Waals surface area (Å²) in [5.74, 6) is -4.27. The molecular formula is C21H20BrF4N3O5. The Labute approximate surface area is 199 Å². The molecule has 1 aromatic carbocycles. The normalized spacial score (nSPS) is 15.1. The number of alkyl halides is 3. The van der Waals surface area contributed by atoms with E-state index in [9.17, 15) is 32.3 Å². The number of anilines is 1. The molecule has 8 nitrogen and oxygen atoms in total. The molecule has 0 bridgehead atoms. The van der Waals surface area contributed by atoms with Gasteiger partial charge in [0.05, 0.1) is 0 Å². The Morgan fingerprint density at radius 2 is 1.68 bits per heavy atom. The number of carbonyl (C=O) groups excluding carboxylic acids is 2. The number of aliphatic hydroxyl groups is 1. The Bertz CT molecular complexity index is 1020. The number of aromatic nitrogens is 1. The lowest BCUT2D eigenvalue weighted by Crippen LogP contribution is -2.43. The third kappa shape index (κ3) is 7.76. The Kier molecular flexibility index (Phi) is 9.50. The minimum atomic E-state index is -5.08. The molecule has 2 aromatic rings. The van der Waals surface area contributed by atoms with Gasteiger partial charge >= 0.3 is 12.1 Å². The van der Waals surface area contributed by atoms with E-state index >= 15 is 0 Å². The first-order valence-corrected chi connectivity index (χ1v) is 10.6. The zero-order valence-corrected chi connectivity index (χ0v) is 19.0. The van der Waals surface area contributed by atoms with Crippen LogP contribution < -0.4 is 5.32 Å². The smallest absolute Gasteiger partial charge is 0.475 e. The van der Waals surface area contributed by atoms with Crippen LogP contribution in [0.3, 0.4) is 0 Å². The first-order chi connectivity index (χ1) is 15.9. The highest BCUT2D eigenvalue weighted by Crippen LogP contribution is 2.26. The Hall–Kier alpha value is -3.06. The number of amides is 2. The highest BCUT2D eigenvalue weighted by atomic mass is 79.9. The summed E-state index contributed by atoms with van der Waals surface area (Å²) in [6, 6.07) is 7.59. The van der Waals surface area contributed by atoms with Crippen molar-refractivity contribution >= 4 is 39.4 Å². The second-order valence-electron chi connectivity index (χ2n) is 7.20. The first-order valence-electron chi connectivity index (χ1n) is 9.83. The van der Waals surface area contributed by atoms with Crippen molar-refractivity contribution in [2.24, 2.45) is 5.92 Å². The maximum absolute atomic E-state index is 14.0. The van der Waals surface area contributed by atoms with Crippen molar-refractivity contribution in [1.82, 2.24) is 9.88 Å². The van der Waals surface area contributed by atoms with Crippen LogP contribution in [-0.2, 0) is 14.4 Å². The lowest BCUT2D eigenvalue weighted by molar-refractivity contribution is -0.192. The molecule has 0 aliphatic carbocycles. The lowest BCUT2D eigenvalue weighted by Gasteiger charge is -2.32. The predicted molar refractivity (Wildman–Crippen MR) is 115 cm³/mol. The topological polar surface area (TPSA) is 120 Å². The van der Waals surface area contributed by atoms with E-state index in [4.69, 9.17) is 9.90 Å². The van der Waals surface area contributed by atoms with Crippen molar-refractivity contribution in [2.45, 2.75) is 25.1 Å². The molecule has 13 heteroatoms. The van der Waals surface area contributed by atoms with Crippen molar-refractivity contribution < 1.29 is 42.2 Å². The molecule has 184 valence electrons. The minimum absolute atomic E-state index is 0.0549. The summed E-state index contributed by atoms with van der Waals surface area (Å²) in [4.78, 5) is 39.1. The van der Waals surface area contributed by atoms with Gasteiger partial charge in [0.2, 0.25) is 5.91 Å². The number of aliphatic hydroxyl groups excluding tert-OH is 1. The summed E-state index contributed by atoms with van der Waals surface area (Å²) >= 11 is 3.14. The van der Waals surface area contributed by atoms with E-state index < -0.39 is 30.0 Å². The number of nitrogens with one attached hydrogen (secondary N) is 1. The Balaban J connectivity index is 0.000000509. The number of piperidine rings is 1. The number of likely N-dealkylation sites (tertiary alicyclic amines) is 1. The molecule has 1 atom stereocenters. The predicted octanol–water partition coefficient (Wildman–Crippen LogP) is 3.53. The molecule has 0 saturated carbocycles. The molecule has 1 aromatic heterocycles. The molecule has 2 heterocycles. The fourth-order valence-electron chi connectivity index (χ4n) is 3.07. The van der Waals surface area contributed by atoms with Gasteiger partial charge in [0.25, 0.3) is 5.91 Å². The monoisotopic (exact) mass is 549 g/mol. The second kappa shape index (κ2) is 11.9. The number of aliphatic carboxylic acids is 1. The quantitative estimate of drug-likeness (QED) is 0.502. The van der Waals surface area contributed by atoms with Gasteiger partial charge in [-0.1, -0.05) is 22.0 Å². The molecule has 34 heavy (non-hydrogen) atoms. The molecule has 1 fully saturated rings. The summed E-state index contributed by atoms with van der Waals surface area (Å²) in [5, 5.41) is 20.2. The number of benzene rings is 1. The van der Waals surface area contributed by atoms with Gasteiger partial charge in [-0.05, 0) is 37.1 Å². The second-order valence-corrected chi connectivity index (χ2v) is 8.11. The van der Waals surface area contributed by atoms with Crippen molar-refractivity contribution in [3.8, 4) is 0 Å². The molecule has 0 radical (unpaired) electrons. The molecule has 3 N–H and O–H groups in total. The van der Waals surface area contributed by atoms with E-state index in [0.717, 1.165) is 0 Å². The van der Waals surface area contributed by atoms with Crippen LogP contribution >= 0.6 is 15.9 Å². The fourth-order valence-corrected chi connectivity index (χ4v) is 3.40.